The first-order valence-electron chi connectivity index (χ1n) is 3.55. The lowest BCUT2D eigenvalue weighted by molar-refractivity contribution is 0.0991. The van der Waals surface area contributed by atoms with Crippen LogP contribution >= 0.6 is 0 Å². The summed E-state index contributed by atoms with van der Waals surface area (Å²) in [6.07, 6.45) is 4.07. The third kappa shape index (κ3) is 1.58. The van der Waals surface area contributed by atoms with Gasteiger partial charge in [-0.2, -0.15) is 0 Å². The van der Waals surface area contributed by atoms with Crippen LogP contribution < -0.4 is 5.73 Å². The van der Waals surface area contributed by atoms with Gasteiger partial charge < -0.3 is 10.3 Å². The Balaban J connectivity index is 2.87. The van der Waals surface area contributed by atoms with Crippen LogP contribution in [0.1, 0.15) is 23.8 Å². The van der Waals surface area contributed by atoms with Gasteiger partial charge in [0.15, 0.2) is 0 Å². The number of hydrogen-bond donors (Lipinski definition) is 1. The Morgan fingerprint density at radius 1 is 1.82 bits per heavy atom. The average molecular weight is 153 g/mol. The minimum Gasteiger partial charge on any atom is -0.364 e. The number of aryl methyl sites for hydroxylation is 1. The van der Waals surface area contributed by atoms with E-state index in [9.17, 15) is 4.79 Å². The summed E-state index contributed by atoms with van der Waals surface area (Å²) in [5, 5.41) is 0. The number of imidazole rings is 1. The molecule has 4 heteroatoms. The molecule has 1 amide bonds. The van der Waals surface area contributed by atoms with Crippen LogP contribution in [0, 0.1) is 0 Å². The predicted molar refractivity (Wildman–Crippen MR) is 41.0 cm³/mol. The van der Waals surface area contributed by atoms with Crippen LogP contribution in [0.4, 0.5) is 0 Å². The molecule has 0 saturated heterocycles. The fraction of sp³-hybridized carbons (Fsp3) is 0.429. The topological polar surface area (TPSA) is 60.9 Å². The smallest absolute Gasteiger partial charge is 0.266 e. The molecule has 0 aromatic carbocycles. The van der Waals surface area contributed by atoms with Crippen molar-refractivity contribution in [2.75, 3.05) is 0 Å². The third-order valence-corrected chi connectivity index (χ3v) is 1.43. The Hall–Kier alpha value is -1.32. The quantitative estimate of drug-likeness (QED) is 0.682. The van der Waals surface area contributed by atoms with Gasteiger partial charge in [0, 0.05) is 6.54 Å². The number of carbonyl (C=O) groups excluding carboxylic acids is 1. The second-order valence-electron chi connectivity index (χ2n) is 2.34. The first-order chi connectivity index (χ1) is 5.25. The van der Waals surface area contributed by atoms with Gasteiger partial charge in [-0.15, -0.1) is 0 Å². The number of rotatable bonds is 3. The zero-order chi connectivity index (χ0) is 8.27. The van der Waals surface area contributed by atoms with Crippen molar-refractivity contribution in [3.63, 3.8) is 0 Å². The van der Waals surface area contributed by atoms with E-state index in [1.807, 2.05) is 6.92 Å². The van der Waals surface area contributed by atoms with E-state index in [1.165, 1.54) is 6.20 Å². The third-order valence-electron chi connectivity index (χ3n) is 1.43. The van der Waals surface area contributed by atoms with Gasteiger partial charge in [0.05, 0.1) is 12.5 Å². The average Bonchev–Trinajstić information content (AvgIpc) is 2.36. The number of nitrogens with zero attached hydrogens (tertiary/aromatic N) is 2. The van der Waals surface area contributed by atoms with Crippen LogP contribution in [-0.2, 0) is 6.54 Å². The van der Waals surface area contributed by atoms with Crippen molar-refractivity contribution in [3.8, 4) is 0 Å². The molecule has 0 bridgehead atoms. The van der Waals surface area contributed by atoms with Crippen LogP contribution in [0.5, 0.6) is 0 Å². The summed E-state index contributed by atoms with van der Waals surface area (Å²) in [5.41, 5.74) is 5.57. The van der Waals surface area contributed by atoms with E-state index in [0.29, 0.717) is 5.69 Å². The van der Waals surface area contributed by atoms with E-state index < -0.39 is 5.91 Å². The van der Waals surface area contributed by atoms with Crippen molar-refractivity contribution in [1.29, 1.82) is 0 Å². The molecule has 1 rings (SSSR count). The Kier molecular flexibility index (Phi) is 2.25. The zero-order valence-corrected chi connectivity index (χ0v) is 6.45. The number of aromatic nitrogens is 2. The maximum Gasteiger partial charge on any atom is 0.266 e. The summed E-state index contributed by atoms with van der Waals surface area (Å²) in [4.78, 5) is 14.5. The maximum atomic E-state index is 10.7. The largest absolute Gasteiger partial charge is 0.364 e. The molecular formula is C7H11N3O. The first-order valence-corrected chi connectivity index (χ1v) is 3.55. The van der Waals surface area contributed by atoms with Crippen LogP contribution in [0.15, 0.2) is 12.5 Å². The molecule has 1 aromatic rings. The van der Waals surface area contributed by atoms with Gasteiger partial charge >= 0.3 is 0 Å². The van der Waals surface area contributed by atoms with Crippen molar-refractivity contribution >= 4 is 5.91 Å². The second kappa shape index (κ2) is 3.18. The molecule has 0 atom stereocenters. The predicted octanol–water partition coefficient (Wildman–Crippen LogP) is 0.392. The van der Waals surface area contributed by atoms with Gasteiger partial charge in [-0.05, 0) is 6.42 Å². The summed E-state index contributed by atoms with van der Waals surface area (Å²) < 4.78 is 1.75. The number of amides is 1. The summed E-state index contributed by atoms with van der Waals surface area (Å²) in [6, 6.07) is 0. The minimum absolute atomic E-state index is 0.420. The van der Waals surface area contributed by atoms with E-state index in [0.717, 1.165) is 13.0 Å². The van der Waals surface area contributed by atoms with E-state index in [1.54, 1.807) is 10.9 Å². The standard InChI is InChI=1S/C7H11N3O/c1-2-3-10-5-9-4-6(10)7(8)11/h4-5H,2-3H2,1H3,(H2,8,11). The van der Waals surface area contributed by atoms with Gasteiger partial charge in [-0.3, -0.25) is 4.79 Å². The summed E-state index contributed by atoms with van der Waals surface area (Å²) >= 11 is 0. The number of primary amides is 1. The molecule has 0 radical (unpaired) electrons. The van der Waals surface area contributed by atoms with E-state index in [4.69, 9.17) is 5.73 Å². The lowest BCUT2D eigenvalue weighted by Crippen LogP contribution is -2.16. The van der Waals surface area contributed by atoms with E-state index in [2.05, 4.69) is 4.98 Å². The number of nitrogens with two attached hydrogens (primary N) is 1. The van der Waals surface area contributed by atoms with Crippen molar-refractivity contribution in [2.24, 2.45) is 5.73 Å². The van der Waals surface area contributed by atoms with Crippen LogP contribution in [0.2, 0.25) is 0 Å². The number of carbonyl (C=O) groups is 1. The van der Waals surface area contributed by atoms with Crippen LogP contribution in [-0.4, -0.2) is 15.5 Å². The number of hydrogen-bond acceptors (Lipinski definition) is 2. The minimum atomic E-state index is -0.420. The molecule has 1 aromatic heterocycles. The fourth-order valence-electron chi connectivity index (χ4n) is 0.945. The van der Waals surface area contributed by atoms with Crippen molar-refractivity contribution < 1.29 is 4.79 Å². The summed E-state index contributed by atoms with van der Waals surface area (Å²) in [5.74, 6) is -0.420. The lowest BCUT2D eigenvalue weighted by atomic mass is 10.4. The van der Waals surface area contributed by atoms with Gasteiger partial charge in [-0.25, -0.2) is 4.98 Å². The molecule has 1 heterocycles. The molecule has 11 heavy (non-hydrogen) atoms. The monoisotopic (exact) mass is 153 g/mol. The molecule has 0 spiro atoms. The normalized spacial score (nSPS) is 9.91. The van der Waals surface area contributed by atoms with Gasteiger partial charge in [0.25, 0.3) is 5.91 Å². The molecule has 0 saturated carbocycles. The van der Waals surface area contributed by atoms with Crippen LogP contribution in [0.25, 0.3) is 0 Å². The molecular weight excluding hydrogens is 142 g/mol. The molecule has 0 fully saturated rings. The van der Waals surface area contributed by atoms with E-state index in [-0.39, 0.29) is 0 Å². The summed E-state index contributed by atoms with van der Waals surface area (Å²) in [6.45, 7) is 2.82. The molecule has 0 aliphatic heterocycles. The Labute approximate surface area is 65.0 Å². The highest BCUT2D eigenvalue weighted by Crippen LogP contribution is 1.98. The molecule has 4 nitrogen and oxygen atoms in total. The van der Waals surface area contributed by atoms with Crippen LogP contribution in [0.3, 0.4) is 0 Å². The van der Waals surface area contributed by atoms with Gasteiger partial charge in [-0.1, -0.05) is 6.92 Å². The molecule has 0 aliphatic rings. The highest BCUT2D eigenvalue weighted by atomic mass is 16.1. The molecule has 2 N–H and O–H groups in total. The highest BCUT2D eigenvalue weighted by Gasteiger charge is 2.05. The fourth-order valence-corrected chi connectivity index (χ4v) is 0.945. The van der Waals surface area contributed by atoms with E-state index >= 15 is 0 Å². The van der Waals surface area contributed by atoms with Gasteiger partial charge in [0.2, 0.25) is 0 Å². The van der Waals surface area contributed by atoms with Crippen molar-refractivity contribution in [2.45, 2.75) is 19.9 Å². The summed E-state index contributed by atoms with van der Waals surface area (Å²) in [7, 11) is 0. The SMILES string of the molecule is CCCn1cncc1C(N)=O. The molecule has 60 valence electrons. The second-order valence-corrected chi connectivity index (χ2v) is 2.34. The molecule has 0 aliphatic carbocycles. The zero-order valence-electron chi connectivity index (χ0n) is 6.45. The van der Waals surface area contributed by atoms with Gasteiger partial charge in [0.1, 0.15) is 5.69 Å². The lowest BCUT2D eigenvalue weighted by Gasteiger charge is -2.01. The Morgan fingerprint density at radius 3 is 3.09 bits per heavy atom. The first kappa shape index (κ1) is 7.78. The maximum absolute atomic E-state index is 10.7. The Bertz CT molecular complexity index is 254. The highest BCUT2D eigenvalue weighted by molar-refractivity contribution is 5.90. The molecule has 0 unspecified atom stereocenters. The van der Waals surface area contributed by atoms with Crippen molar-refractivity contribution in [1.82, 2.24) is 9.55 Å². The van der Waals surface area contributed by atoms with Crippen molar-refractivity contribution in [3.05, 3.63) is 18.2 Å². The Morgan fingerprint density at radius 2 is 2.55 bits per heavy atom.